The van der Waals surface area contributed by atoms with E-state index in [2.05, 4.69) is 4.98 Å². The van der Waals surface area contributed by atoms with Gasteiger partial charge >= 0.3 is 0 Å². The predicted molar refractivity (Wildman–Crippen MR) is 78.4 cm³/mol. The quantitative estimate of drug-likeness (QED) is 0.916. The topological polar surface area (TPSA) is 48.1 Å². The SMILES string of the molecule is C/C=C/c1ccccc1Oc1ncc(CN)cc1Cl. The summed E-state index contributed by atoms with van der Waals surface area (Å²) in [7, 11) is 0. The van der Waals surface area contributed by atoms with Crippen molar-refractivity contribution in [1.29, 1.82) is 0 Å². The van der Waals surface area contributed by atoms with Crippen LogP contribution in [0.3, 0.4) is 0 Å². The summed E-state index contributed by atoms with van der Waals surface area (Å²) in [5, 5.41) is 0.457. The van der Waals surface area contributed by atoms with E-state index in [1.165, 1.54) is 0 Å². The average Bonchev–Trinajstić information content (AvgIpc) is 2.43. The van der Waals surface area contributed by atoms with Crippen molar-refractivity contribution in [2.45, 2.75) is 13.5 Å². The summed E-state index contributed by atoms with van der Waals surface area (Å²) in [4.78, 5) is 4.19. The number of aromatic nitrogens is 1. The Hall–Kier alpha value is -1.84. The summed E-state index contributed by atoms with van der Waals surface area (Å²) in [5.74, 6) is 1.10. The Bertz CT molecular complexity index is 596. The summed E-state index contributed by atoms with van der Waals surface area (Å²) in [6, 6.07) is 9.48. The Kier molecular flexibility index (Phi) is 4.55. The number of para-hydroxylation sites is 1. The molecule has 0 amide bonds. The van der Waals surface area contributed by atoms with Crippen LogP contribution in [0, 0.1) is 0 Å². The van der Waals surface area contributed by atoms with E-state index in [0.29, 0.717) is 17.4 Å². The maximum Gasteiger partial charge on any atom is 0.238 e. The van der Waals surface area contributed by atoms with Crippen LogP contribution in [0.25, 0.3) is 6.08 Å². The Morgan fingerprint density at radius 2 is 2.16 bits per heavy atom. The molecule has 0 spiro atoms. The minimum Gasteiger partial charge on any atom is -0.437 e. The van der Waals surface area contributed by atoms with Crippen LogP contribution < -0.4 is 10.5 Å². The van der Waals surface area contributed by atoms with Crippen molar-refractivity contribution >= 4 is 17.7 Å². The van der Waals surface area contributed by atoms with Crippen molar-refractivity contribution in [3.8, 4) is 11.6 Å². The van der Waals surface area contributed by atoms with Gasteiger partial charge in [-0.05, 0) is 24.6 Å². The molecule has 0 saturated carbocycles. The minimum atomic E-state index is 0.385. The third-order valence-electron chi connectivity index (χ3n) is 2.57. The number of nitrogens with two attached hydrogens (primary N) is 1. The number of pyridine rings is 1. The van der Waals surface area contributed by atoms with E-state index in [4.69, 9.17) is 22.1 Å². The molecule has 0 saturated heterocycles. The van der Waals surface area contributed by atoms with Gasteiger partial charge in [-0.15, -0.1) is 0 Å². The van der Waals surface area contributed by atoms with Gasteiger partial charge in [0.1, 0.15) is 10.8 Å². The van der Waals surface area contributed by atoms with Crippen molar-refractivity contribution in [3.05, 3.63) is 58.8 Å². The molecule has 0 radical (unpaired) electrons. The molecule has 0 atom stereocenters. The van der Waals surface area contributed by atoms with E-state index in [1.54, 1.807) is 12.3 Å². The van der Waals surface area contributed by atoms with Gasteiger partial charge < -0.3 is 10.5 Å². The zero-order chi connectivity index (χ0) is 13.7. The first kappa shape index (κ1) is 13.6. The average molecular weight is 275 g/mol. The fourth-order valence-electron chi connectivity index (χ4n) is 1.65. The molecular formula is C15H15ClN2O. The van der Waals surface area contributed by atoms with E-state index in [-0.39, 0.29) is 0 Å². The number of ether oxygens (including phenoxy) is 1. The molecule has 3 nitrogen and oxygen atoms in total. The van der Waals surface area contributed by atoms with Gasteiger partial charge in [0.15, 0.2) is 0 Å². The first-order valence-electron chi connectivity index (χ1n) is 5.98. The third kappa shape index (κ3) is 3.34. The van der Waals surface area contributed by atoms with Crippen LogP contribution in [0.1, 0.15) is 18.1 Å². The van der Waals surface area contributed by atoms with E-state index in [1.807, 2.05) is 43.3 Å². The highest BCUT2D eigenvalue weighted by atomic mass is 35.5. The van der Waals surface area contributed by atoms with Crippen LogP contribution >= 0.6 is 11.6 Å². The second-order valence-corrected chi connectivity index (χ2v) is 4.38. The maximum atomic E-state index is 6.13. The molecule has 0 fully saturated rings. The fraction of sp³-hybridized carbons (Fsp3) is 0.133. The van der Waals surface area contributed by atoms with Crippen LogP contribution in [0.4, 0.5) is 0 Å². The van der Waals surface area contributed by atoms with Gasteiger partial charge in [0.25, 0.3) is 0 Å². The summed E-state index contributed by atoms with van der Waals surface area (Å²) in [6.45, 7) is 2.36. The minimum absolute atomic E-state index is 0.385. The van der Waals surface area contributed by atoms with Gasteiger partial charge in [-0.3, -0.25) is 0 Å². The van der Waals surface area contributed by atoms with Crippen LogP contribution in [0.5, 0.6) is 11.6 Å². The lowest BCUT2D eigenvalue weighted by atomic mass is 10.2. The number of hydrogen-bond acceptors (Lipinski definition) is 3. The summed E-state index contributed by atoms with van der Waals surface area (Å²) in [5.41, 5.74) is 7.39. The number of nitrogens with zero attached hydrogens (tertiary/aromatic N) is 1. The van der Waals surface area contributed by atoms with Crippen molar-refractivity contribution in [1.82, 2.24) is 4.98 Å². The van der Waals surface area contributed by atoms with E-state index >= 15 is 0 Å². The van der Waals surface area contributed by atoms with Crippen molar-refractivity contribution in [3.63, 3.8) is 0 Å². The van der Waals surface area contributed by atoms with Gasteiger partial charge in [0.2, 0.25) is 5.88 Å². The molecule has 1 aromatic heterocycles. The largest absolute Gasteiger partial charge is 0.437 e. The lowest BCUT2D eigenvalue weighted by molar-refractivity contribution is 0.462. The van der Waals surface area contributed by atoms with Gasteiger partial charge in [-0.25, -0.2) is 4.98 Å². The molecule has 2 aromatic rings. The highest BCUT2D eigenvalue weighted by Crippen LogP contribution is 2.30. The molecule has 0 aliphatic rings. The molecule has 19 heavy (non-hydrogen) atoms. The molecule has 0 aliphatic carbocycles. The smallest absolute Gasteiger partial charge is 0.238 e. The highest BCUT2D eigenvalue weighted by Gasteiger charge is 2.07. The normalized spacial score (nSPS) is 10.9. The predicted octanol–water partition coefficient (Wildman–Crippen LogP) is 4.02. The van der Waals surface area contributed by atoms with Crippen molar-refractivity contribution < 1.29 is 4.74 Å². The van der Waals surface area contributed by atoms with Gasteiger partial charge in [-0.2, -0.15) is 0 Å². The monoisotopic (exact) mass is 274 g/mol. The number of benzene rings is 1. The summed E-state index contributed by atoms with van der Waals surface area (Å²) in [6.07, 6.45) is 5.59. The van der Waals surface area contributed by atoms with E-state index in [0.717, 1.165) is 16.9 Å². The molecule has 0 unspecified atom stereocenters. The molecule has 2 rings (SSSR count). The maximum absolute atomic E-state index is 6.13. The van der Waals surface area contributed by atoms with E-state index in [9.17, 15) is 0 Å². The molecule has 0 aliphatic heterocycles. The first-order valence-corrected chi connectivity index (χ1v) is 6.36. The Morgan fingerprint density at radius 1 is 1.37 bits per heavy atom. The standard InChI is InChI=1S/C15H15ClN2O/c1-2-5-12-6-3-4-7-14(12)19-15-13(16)8-11(9-17)10-18-15/h2-8,10H,9,17H2,1H3/b5-2+. The third-order valence-corrected chi connectivity index (χ3v) is 2.84. The van der Waals surface area contributed by atoms with Crippen LogP contribution in [0.15, 0.2) is 42.6 Å². The molecule has 4 heteroatoms. The fourth-order valence-corrected chi connectivity index (χ4v) is 1.87. The number of allylic oxidation sites excluding steroid dienone is 1. The molecule has 1 heterocycles. The zero-order valence-corrected chi connectivity index (χ0v) is 11.4. The lowest BCUT2D eigenvalue weighted by Gasteiger charge is -2.09. The molecular weight excluding hydrogens is 260 g/mol. The Morgan fingerprint density at radius 3 is 2.84 bits per heavy atom. The second kappa shape index (κ2) is 6.36. The second-order valence-electron chi connectivity index (χ2n) is 3.97. The molecule has 0 bridgehead atoms. The van der Waals surface area contributed by atoms with Crippen molar-refractivity contribution in [2.75, 3.05) is 0 Å². The Balaban J connectivity index is 2.31. The lowest BCUT2D eigenvalue weighted by Crippen LogP contribution is -1.98. The van der Waals surface area contributed by atoms with E-state index < -0.39 is 0 Å². The number of rotatable bonds is 4. The number of hydrogen-bond donors (Lipinski definition) is 1. The molecule has 2 N–H and O–H groups in total. The van der Waals surface area contributed by atoms with Gasteiger partial charge in [0, 0.05) is 18.3 Å². The molecule has 98 valence electrons. The Labute approximate surface area is 117 Å². The van der Waals surface area contributed by atoms with Crippen LogP contribution in [0.2, 0.25) is 5.02 Å². The van der Waals surface area contributed by atoms with Crippen LogP contribution in [-0.4, -0.2) is 4.98 Å². The molecule has 1 aromatic carbocycles. The summed E-state index contributed by atoms with van der Waals surface area (Å²) < 4.78 is 5.76. The summed E-state index contributed by atoms with van der Waals surface area (Å²) >= 11 is 6.13. The number of halogens is 1. The van der Waals surface area contributed by atoms with Gasteiger partial charge in [-0.1, -0.05) is 42.0 Å². The van der Waals surface area contributed by atoms with Crippen LogP contribution in [-0.2, 0) is 6.54 Å². The van der Waals surface area contributed by atoms with Gasteiger partial charge in [0.05, 0.1) is 0 Å². The first-order chi connectivity index (χ1) is 9.24. The highest BCUT2D eigenvalue weighted by molar-refractivity contribution is 6.31. The van der Waals surface area contributed by atoms with Crippen molar-refractivity contribution in [2.24, 2.45) is 5.73 Å². The zero-order valence-electron chi connectivity index (χ0n) is 10.6.